The number of ether oxygens (including phenoxy) is 2. The number of hydrogen-bond acceptors (Lipinski definition) is 9. The van der Waals surface area contributed by atoms with Crippen LogP contribution in [-0.4, -0.2) is 59.6 Å². The molecule has 1 aliphatic heterocycles. The van der Waals surface area contributed by atoms with Gasteiger partial charge in [0.15, 0.2) is 0 Å². The lowest BCUT2D eigenvalue weighted by atomic mass is 9.96. The third-order valence-corrected chi connectivity index (χ3v) is 7.55. The quantitative estimate of drug-likeness (QED) is 0.115. The Morgan fingerprint density at radius 3 is 2.16 bits per heavy atom. The number of phosphoric acid groups is 2. The fourth-order valence-electron chi connectivity index (χ4n) is 2.62. The van der Waals surface area contributed by atoms with E-state index in [-0.39, 0.29) is 25.9 Å². The van der Waals surface area contributed by atoms with Crippen molar-refractivity contribution < 1.29 is 41.0 Å². The molecular weight excluding hydrogens is 457 g/mol. The molecule has 0 N–H and O–H groups in total. The molecule has 180 valence electrons. The summed E-state index contributed by atoms with van der Waals surface area (Å²) in [6, 6.07) is -0.539. The molecule has 1 heterocycles. The van der Waals surface area contributed by atoms with Crippen LogP contribution in [-0.2, 0) is 41.0 Å². The lowest BCUT2D eigenvalue weighted by molar-refractivity contribution is -0.0347. The van der Waals surface area contributed by atoms with E-state index in [0.29, 0.717) is 25.9 Å². The van der Waals surface area contributed by atoms with Gasteiger partial charge in [-0.2, -0.15) is 4.31 Å². The van der Waals surface area contributed by atoms with Crippen LogP contribution in [0.3, 0.4) is 0 Å². The van der Waals surface area contributed by atoms with Crippen LogP contribution >= 0.6 is 15.6 Å². The maximum Gasteiger partial charge on any atom is 0.483 e. The fraction of sp³-hybridized carbons (Fsp3) is 0.600. The number of hydrogen-bond donors (Lipinski definition) is 0. The molecular formula is C20H33BO9P2. The topological polar surface area (TPSA) is 98.8 Å². The van der Waals surface area contributed by atoms with Crippen molar-refractivity contribution in [2.45, 2.75) is 44.4 Å². The molecule has 0 saturated carbocycles. The van der Waals surface area contributed by atoms with Crippen molar-refractivity contribution in [2.75, 3.05) is 33.5 Å². The Hall–Kier alpha value is -0.795. The fourth-order valence-corrected chi connectivity index (χ4v) is 5.60. The summed E-state index contributed by atoms with van der Waals surface area (Å²) in [5.41, 5.74) is 0. The first-order valence-electron chi connectivity index (χ1n) is 10.3. The van der Waals surface area contributed by atoms with Crippen LogP contribution in [0.1, 0.15) is 26.2 Å². The van der Waals surface area contributed by atoms with E-state index in [0.717, 1.165) is 7.11 Å². The summed E-state index contributed by atoms with van der Waals surface area (Å²) in [7, 11) is -1.67. The highest BCUT2D eigenvalue weighted by atomic mass is 31.3. The molecule has 0 bridgehead atoms. The van der Waals surface area contributed by atoms with Crippen molar-refractivity contribution in [1.29, 1.82) is 0 Å². The zero-order valence-corrected chi connectivity index (χ0v) is 20.5. The van der Waals surface area contributed by atoms with E-state index >= 15 is 0 Å². The molecule has 1 fully saturated rings. The van der Waals surface area contributed by atoms with E-state index in [1.807, 2.05) is 6.92 Å². The van der Waals surface area contributed by atoms with Crippen LogP contribution in [0.25, 0.3) is 0 Å². The molecule has 1 rings (SSSR count). The molecule has 0 amide bonds. The van der Waals surface area contributed by atoms with Crippen LogP contribution < -0.4 is 0 Å². The molecule has 0 aromatic rings. The van der Waals surface area contributed by atoms with E-state index in [1.165, 1.54) is 0 Å². The summed E-state index contributed by atoms with van der Waals surface area (Å²) in [5.74, 6) is 0. The van der Waals surface area contributed by atoms with Gasteiger partial charge in [-0.05, 0) is 26.2 Å². The Labute approximate surface area is 192 Å². The van der Waals surface area contributed by atoms with Crippen LogP contribution in [0.5, 0.6) is 0 Å². The molecule has 2 radical (unpaired) electrons. The van der Waals surface area contributed by atoms with E-state index < -0.39 is 27.8 Å². The number of phosphoric ester groups is 2. The SMILES string of the molecule is [B][C@H]1C[C@@H](OCC)[C@@H](COP(=O)(OCC/C=C/C=C)OP(=O)(OC)OCC/C=C/C=C)O1. The molecule has 32 heavy (non-hydrogen) atoms. The van der Waals surface area contributed by atoms with Gasteiger partial charge in [-0.1, -0.05) is 49.6 Å². The van der Waals surface area contributed by atoms with Gasteiger partial charge in [0.05, 0.1) is 25.9 Å². The smallest absolute Gasteiger partial charge is 0.380 e. The second-order valence-electron chi connectivity index (χ2n) is 6.47. The van der Waals surface area contributed by atoms with Gasteiger partial charge in [-0.15, -0.1) is 0 Å². The molecule has 1 saturated heterocycles. The Kier molecular flexibility index (Phi) is 14.6. The van der Waals surface area contributed by atoms with Crippen LogP contribution in [0.2, 0.25) is 0 Å². The first-order valence-corrected chi connectivity index (χ1v) is 13.2. The minimum absolute atomic E-state index is 0.00939. The van der Waals surface area contributed by atoms with Crippen molar-refractivity contribution in [3.8, 4) is 0 Å². The van der Waals surface area contributed by atoms with Crippen molar-refractivity contribution in [2.24, 2.45) is 0 Å². The third kappa shape index (κ3) is 11.4. The monoisotopic (exact) mass is 490 g/mol. The zero-order chi connectivity index (χ0) is 23.9. The minimum atomic E-state index is -4.37. The number of allylic oxidation sites excluding steroid dienone is 4. The maximum absolute atomic E-state index is 13.3. The average molecular weight is 490 g/mol. The molecule has 0 aromatic heterocycles. The van der Waals surface area contributed by atoms with E-state index in [2.05, 4.69) is 13.2 Å². The van der Waals surface area contributed by atoms with Crippen LogP contribution in [0.4, 0.5) is 0 Å². The second kappa shape index (κ2) is 15.9. The predicted molar refractivity (Wildman–Crippen MR) is 124 cm³/mol. The molecule has 2 unspecified atom stereocenters. The first kappa shape index (κ1) is 29.2. The van der Waals surface area contributed by atoms with E-state index in [9.17, 15) is 9.13 Å². The first-order chi connectivity index (χ1) is 15.3. The largest absolute Gasteiger partial charge is 0.483 e. The highest BCUT2D eigenvalue weighted by Crippen LogP contribution is 2.65. The standard InChI is InChI=1S/C20H33BO9P2/c1-5-8-10-12-14-26-31(22,24-4)30-32(23,27-15-13-11-9-6-2)28-17-19-18(25-7-3)16-20(21)29-19/h5-6,8-11,18-20H,1-2,7,12-17H2,3-4H3/b10-8+,11-9+/t18-,19-,20-,31?,32?/m1/s1. The van der Waals surface area contributed by atoms with Gasteiger partial charge < -0.3 is 9.47 Å². The van der Waals surface area contributed by atoms with Crippen molar-refractivity contribution in [3.63, 3.8) is 0 Å². The molecule has 0 spiro atoms. The second-order valence-corrected chi connectivity index (χ2v) is 10.1. The molecule has 9 nitrogen and oxygen atoms in total. The molecule has 12 heteroatoms. The average Bonchev–Trinajstić information content (AvgIpc) is 3.11. The summed E-state index contributed by atoms with van der Waals surface area (Å²) in [5, 5.41) is 0. The molecule has 0 aromatic carbocycles. The molecule has 0 aliphatic carbocycles. The Morgan fingerprint density at radius 2 is 1.62 bits per heavy atom. The lowest BCUT2D eigenvalue weighted by Crippen LogP contribution is -2.29. The van der Waals surface area contributed by atoms with Gasteiger partial charge in [0.1, 0.15) is 14.0 Å². The summed E-state index contributed by atoms with van der Waals surface area (Å²) >= 11 is 0. The summed E-state index contributed by atoms with van der Waals surface area (Å²) < 4.78 is 63.3. The van der Waals surface area contributed by atoms with Gasteiger partial charge in [0.2, 0.25) is 0 Å². The van der Waals surface area contributed by atoms with Crippen molar-refractivity contribution in [3.05, 3.63) is 49.6 Å². The maximum atomic E-state index is 13.3. The molecule has 5 atom stereocenters. The summed E-state index contributed by atoms with van der Waals surface area (Å²) in [6.07, 6.45) is 10.4. The van der Waals surface area contributed by atoms with Crippen LogP contribution in [0.15, 0.2) is 49.6 Å². The third-order valence-electron chi connectivity index (χ3n) is 4.04. The van der Waals surface area contributed by atoms with E-state index in [1.54, 1.807) is 36.5 Å². The Balaban J connectivity index is 2.83. The van der Waals surface area contributed by atoms with Crippen LogP contribution in [0, 0.1) is 0 Å². The molecule has 1 aliphatic rings. The van der Waals surface area contributed by atoms with Crippen molar-refractivity contribution in [1.82, 2.24) is 0 Å². The highest BCUT2D eigenvalue weighted by molar-refractivity contribution is 7.62. The zero-order valence-electron chi connectivity index (χ0n) is 18.7. The number of rotatable bonds is 18. The van der Waals surface area contributed by atoms with Gasteiger partial charge >= 0.3 is 15.6 Å². The van der Waals surface area contributed by atoms with Gasteiger partial charge in [0, 0.05) is 19.7 Å². The predicted octanol–water partition coefficient (Wildman–Crippen LogP) is 4.87. The summed E-state index contributed by atoms with van der Waals surface area (Å²) in [4.78, 5) is 0. The van der Waals surface area contributed by atoms with Gasteiger partial charge in [-0.3, -0.25) is 18.1 Å². The van der Waals surface area contributed by atoms with E-state index in [4.69, 9.17) is 39.7 Å². The Morgan fingerprint density at radius 1 is 1.03 bits per heavy atom. The lowest BCUT2D eigenvalue weighted by Gasteiger charge is -2.24. The van der Waals surface area contributed by atoms with Gasteiger partial charge in [-0.25, -0.2) is 9.13 Å². The summed E-state index contributed by atoms with van der Waals surface area (Å²) in [6.45, 7) is 9.15. The normalized spacial score (nSPS) is 25.1. The van der Waals surface area contributed by atoms with Crippen molar-refractivity contribution >= 4 is 23.5 Å². The highest BCUT2D eigenvalue weighted by Gasteiger charge is 2.42. The Bertz CT molecular complexity index is 713. The van der Waals surface area contributed by atoms with Gasteiger partial charge in [0.25, 0.3) is 0 Å². The minimum Gasteiger partial charge on any atom is -0.380 e.